The van der Waals surface area contributed by atoms with Gasteiger partial charge in [-0.15, -0.1) is 0 Å². The zero-order chi connectivity index (χ0) is 12.3. The number of ether oxygens (including phenoxy) is 1. The minimum Gasteiger partial charge on any atom is -0.369 e. The van der Waals surface area contributed by atoms with Crippen molar-refractivity contribution in [1.29, 1.82) is 0 Å². The van der Waals surface area contributed by atoms with Gasteiger partial charge in [0.2, 0.25) is 0 Å². The largest absolute Gasteiger partial charge is 0.369 e. The standard InChI is InChI=1S/C12H20N2O3/c1-8(15)11-5-9(6-14-11)17-7-12(16)10-3-2-4-13-10/h9-11,13-14H,2-7H2,1H3/t9-,10-,11?/m1/s1. The van der Waals surface area contributed by atoms with Crippen LogP contribution in [0.1, 0.15) is 26.2 Å². The first-order chi connectivity index (χ1) is 8.16. The molecule has 0 aromatic carbocycles. The SMILES string of the molecule is CC(=O)C1C[C@@H](OCC(=O)[C@H]2CCCN2)CN1. The number of carbonyl (C=O) groups excluding carboxylic acids is 2. The van der Waals surface area contributed by atoms with Crippen LogP contribution >= 0.6 is 0 Å². The Morgan fingerprint density at radius 1 is 1.29 bits per heavy atom. The van der Waals surface area contributed by atoms with Gasteiger partial charge in [0.25, 0.3) is 0 Å². The lowest BCUT2D eigenvalue weighted by Crippen LogP contribution is -2.35. The van der Waals surface area contributed by atoms with E-state index in [1.54, 1.807) is 6.92 Å². The molecule has 0 aliphatic carbocycles. The molecular weight excluding hydrogens is 220 g/mol. The Labute approximate surface area is 101 Å². The summed E-state index contributed by atoms with van der Waals surface area (Å²) in [6, 6.07) is -0.118. The predicted molar refractivity (Wildman–Crippen MR) is 62.9 cm³/mol. The summed E-state index contributed by atoms with van der Waals surface area (Å²) in [6.07, 6.45) is 2.66. The number of ketones is 2. The summed E-state index contributed by atoms with van der Waals surface area (Å²) in [5, 5.41) is 6.26. The van der Waals surface area contributed by atoms with E-state index in [9.17, 15) is 9.59 Å². The number of Topliss-reactive ketones (excluding diaryl/α,β-unsaturated/α-hetero) is 2. The predicted octanol–water partition coefficient (Wildman–Crippen LogP) is -0.356. The third-order valence-electron chi connectivity index (χ3n) is 3.49. The molecule has 0 aromatic heterocycles. The number of hydrogen-bond acceptors (Lipinski definition) is 5. The Bertz CT molecular complexity index is 300. The lowest BCUT2D eigenvalue weighted by Gasteiger charge is -2.13. The van der Waals surface area contributed by atoms with Crippen molar-refractivity contribution in [3.8, 4) is 0 Å². The molecular formula is C12H20N2O3. The van der Waals surface area contributed by atoms with E-state index in [4.69, 9.17) is 4.74 Å². The minimum absolute atomic E-state index is 0.00532. The Hall–Kier alpha value is -0.780. The molecule has 2 aliphatic heterocycles. The minimum atomic E-state index is -0.0975. The van der Waals surface area contributed by atoms with Gasteiger partial charge in [0, 0.05) is 6.54 Å². The normalized spacial score (nSPS) is 32.9. The first-order valence-corrected chi connectivity index (χ1v) is 6.28. The van der Waals surface area contributed by atoms with Gasteiger partial charge in [-0.3, -0.25) is 9.59 Å². The van der Waals surface area contributed by atoms with Crippen molar-refractivity contribution in [3.63, 3.8) is 0 Å². The quantitative estimate of drug-likeness (QED) is 0.687. The highest BCUT2D eigenvalue weighted by atomic mass is 16.5. The fourth-order valence-corrected chi connectivity index (χ4v) is 2.40. The average molecular weight is 240 g/mol. The van der Waals surface area contributed by atoms with Crippen molar-refractivity contribution < 1.29 is 14.3 Å². The monoisotopic (exact) mass is 240 g/mol. The van der Waals surface area contributed by atoms with Gasteiger partial charge in [-0.05, 0) is 32.7 Å². The van der Waals surface area contributed by atoms with E-state index < -0.39 is 0 Å². The van der Waals surface area contributed by atoms with E-state index in [1.165, 1.54) is 0 Å². The number of carbonyl (C=O) groups is 2. The molecule has 2 rings (SSSR count). The smallest absolute Gasteiger partial charge is 0.175 e. The molecule has 2 N–H and O–H groups in total. The lowest BCUT2D eigenvalue weighted by atomic mass is 10.1. The molecule has 0 bridgehead atoms. The summed E-state index contributed by atoms with van der Waals surface area (Å²) in [4.78, 5) is 22.9. The van der Waals surface area contributed by atoms with Crippen LogP contribution in [0.25, 0.3) is 0 Å². The fraction of sp³-hybridized carbons (Fsp3) is 0.833. The molecule has 2 saturated heterocycles. The van der Waals surface area contributed by atoms with Crippen LogP contribution < -0.4 is 10.6 Å². The molecule has 0 amide bonds. The summed E-state index contributed by atoms with van der Waals surface area (Å²) >= 11 is 0. The van der Waals surface area contributed by atoms with E-state index in [-0.39, 0.29) is 36.4 Å². The number of hydrogen-bond donors (Lipinski definition) is 2. The first kappa shape index (κ1) is 12.7. The summed E-state index contributed by atoms with van der Waals surface area (Å²) < 4.78 is 5.55. The third-order valence-corrected chi connectivity index (χ3v) is 3.49. The summed E-state index contributed by atoms with van der Waals surface area (Å²) in [6.45, 7) is 3.33. The maximum atomic E-state index is 11.7. The highest BCUT2D eigenvalue weighted by Crippen LogP contribution is 2.12. The van der Waals surface area contributed by atoms with Crippen molar-refractivity contribution in [3.05, 3.63) is 0 Å². The van der Waals surface area contributed by atoms with Gasteiger partial charge in [-0.25, -0.2) is 0 Å². The van der Waals surface area contributed by atoms with E-state index in [2.05, 4.69) is 10.6 Å². The molecule has 0 spiro atoms. The summed E-state index contributed by atoms with van der Waals surface area (Å²) in [5.74, 6) is 0.272. The van der Waals surface area contributed by atoms with Crippen LogP contribution in [-0.4, -0.2) is 49.5 Å². The van der Waals surface area contributed by atoms with E-state index >= 15 is 0 Å². The topological polar surface area (TPSA) is 67.4 Å². The maximum Gasteiger partial charge on any atom is 0.175 e. The Morgan fingerprint density at radius 2 is 2.12 bits per heavy atom. The van der Waals surface area contributed by atoms with Crippen LogP contribution in [0.2, 0.25) is 0 Å². The second-order valence-electron chi connectivity index (χ2n) is 4.86. The second-order valence-corrected chi connectivity index (χ2v) is 4.86. The van der Waals surface area contributed by atoms with Crippen LogP contribution in [0.3, 0.4) is 0 Å². The zero-order valence-electron chi connectivity index (χ0n) is 10.2. The molecule has 5 nitrogen and oxygen atoms in total. The highest BCUT2D eigenvalue weighted by Gasteiger charge is 2.29. The lowest BCUT2D eigenvalue weighted by molar-refractivity contribution is -0.126. The molecule has 5 heteroatoms. The second kappa shape index (κ2) is 5.71. The van der Waals surface area contributed by atoms with Crippen LogP contribution in [0.5, 0.6) is 0 Å². The molecule has 0 radical (unpaired) electrons. The zero-order valence-corrected chi connectivity index (χ0v) is 10.2. The first-order valence-electron chi connectivity index (χ1n) is 6.28. The molecule has 0 aromatic rings. The Balaban J connectivity index is 1.68. The van der Waals surface area contributed by atoms with Gasteiger partial charge in [-0.1, -0.05) is 0 Å². The van der Waals surface area contributed by atoms with Crippen molar-refractivity contribution in [2.45, 2.75) is 44.4 Å². The molecule has 2 fully saturated rings. The van der Waals surface area contributed by atoms with Crippen molar-refractivity contribution >= 4 is 11.6 Å². The van der Waals surface area contributed by atoms with Gasteiger partial charge < -0.3 is 15.4 Å². The van der Waals surface area contributed by atoms with Crippen LogP contribution in [0.4, 0.5) is 0 Å². The molecule has 2 heterocycles. The molecule has 96 valence electrons. The van der Waals surface area contributed by atoms with Gasteiger partial charge in [0.05, 0.1) is 18.2 Å². The van der Waals surface area contributed by atoms with E-state index in [1.807, 2.05) is 0 Å². The van der Waals surface area contributed by atoms with Crippen LogP contribution in [0.15, 0.2) is 0 Å². The third kappa shape index (κ3) is 3.34. The summed E-state index contributed by atoms with van der Waals surface area (Å²) in [7, 11) is 0. The highest BCUT2D eigenvalue weighted by molar-refractivity contribution is 5.85. The number of nitrogens with one attached hydrogen (secondary N) is 2. The van der Waals surface area contributed by atoms with Crippen LogP contribution in [-0.2, 0) is 14.3 Å². The van der Waals surface area contributed by atoms with Gasteiger partial charge >= 0.3 is 0 Å². The van der Waals surface area contributed by atoms with Gasteiger partial charge in [0.1, 0.15) is 12.4 Å². The molecule has 0 saturated carbocycles. The molecule has 3 atom stereocenters. The Kier molecular flexibility index (Phi) is 4.25. The van der Waals surface area contributed by atoms with Gasteiger partial charge in [-0.2, -0.15) is 0 Å². The molecule has 1 unspecified atom stereocenters. The van der Waals surface area contributed by atoms with Crippen LogP contribution in [0, 0.1) is 0 Å². The van der Waals surface area contributed by atoms with Crippen molar-refractivity contribution in [2.75, 3.05) is 19.7 Å². The average Bonchev–Trinajstić information content (AvgIpc) is 2.97. The van der Waals surface area contributed by atoms with Gasteiger partial charge in [0.15, 0.2) is 5.78 Å². The maximum absolute atomic E-state index is 11.7. The van der Waals surface area contributed by atoms with Crippen molar-refractivity contribution in [1.82, 2.24) is 10.6 Å². The van der Waals surface area contributed by atoms with Crippen molar-refractivity contribution in [2.24, 2.45) is 0 Å². The molecule has 2 aliphatic rings. The molecule has 17 heavy (non-hydrogen) atoms. The fourth-order valence-electron chi connectivity index (χ4n) is 2.40. The van der Waals surface area contributed by atoms with E-state index in [0.717, 1.165) is 19.4 Å². The Morgan fingerprint density at radius 3 is 2.71 bits per heavy atom. The summed E-state index contributed by atoms with van der Waals surface area (Å²) in [5.41, 5.74) is 0. The van der Waals surface area contributed by atoms with E-state index in [0.29, 0.717) is 13.0 Å². The number of rotatable bonds is 5.